The number of fused-ring (bicyclic) bond motifs is 1. The van der Waals surface area contributed by atoms with Gasteiger partial charge in [-0.05, 0) is 43.4 Å². The highest BCUT2D eigenvalue weighted by molar-refractivity contribution is 7.89. The maximum Gasteiger partial charge on any atom is 0.227 e. The fourth-order valence-corrected chi connectivity index (χ4v) is 4.48. The van der Waals surface area contributed by atoms with Crippen molar-refractivity contribution in [3.8, 4) is 0 Å². The topological polar surface area (TPSA) is 93.6 Å². The highest BCUT2D eigenvalue weighted by Gasteiger charge is 2.29. The molecule has 7 heteroatoms. The second-order valence-corrected chi connectivity index (χ2v) is 8.38. The number of sulfonamides is 1. The molecule has 130 valence electrons. The lowest BCUT2D eigenvalue weighted by Gasteiger charge is -2.16. The third-order valence-electron chi connectivity index (χ3n) is 4.54. The van der Waals surface area contributed by atoms with Gasteiger partial charge in [-0.3, -0.25) is 4.79 Å². The molecule has 1 amide bonds. The van der Waals surface area contributed by atoms with E-state index in [9.17, 15) is 13.2 Å². The summed E-state index contributed by atoms with van der Waals surface area (Å²) in [6.45, 7) is 5.04. The molecule has 1 aromatic heterocycles. The van der Waals surface area contributed by atoms with Crippen LogP contribution >= 0.6 is 0 Å². The monoisotopic (exact) mass is 350 g/mol. The van der Waals surface area contributed by atoms with Gasteiger partial charge in [-0.15, -0.1) is 0 Å². The normalized spacial score (nSPS) is 18.5. The lowest BCUT2D eigenvalue weighted by molar-refractivity contribution is -0.129. The molecule has 6 nitrogen and oxygen atoms in total. The number of hydrogen-bond acceptors (Lipinski definition) is 4. The van der Waals surface area contributed by atoms with E-state index in [-0.39, 0.29) is 24.0 Å². The first-order valence-electron chi connectivity index (χ1n) is 7.98. The first-order chi connectivity index (χ1) is 11.2. The van der Waals surface area contributed by atoms with E-state index < -0.39 is 10.0 Å². The summed E-state index contributed by atoms with van der Waals surface area (Å²) in [5.41, 5.74) is 3.89. The van der Waals surface area contributed by atoms with Gasteiger partial charge in [0, 0.05) is 24.0 Å². The summed E-state index contributed by atoms with van der Waals surface area (Å²) in [6, 6.07) is 4.04. The molecule has 2 heterocycles. The second-order valence-electron chi connectivity index (χ2n) is 6.72. The van der Waals surface area contributed by atoms with Crippen molar-refractivity contribution in [2.24, 2.45) is 11.1 Å². The zero-order valence-corrected chi connectivity index (χ0v) is 14.7. The molecule has 0 bridgehead atoms. The van der Waals surface area contributed by atoms with Crippen LogP contribution in [-0.4, -0.2) is 38.1 Å². The van der Waals surface area contributed by atoms with Gasteiger partial charge in [0.2, 0.25) is 15.9 Å². The molecule has 24 heavy (non-hydrogen) atoms. The number of carbonyl (C=O) groups excluding carboxylic acids is 1. The Balaban J connectivity index is 1.72. The zero-order valence-electron chi connectivity index (χ0n) is 13.9. The first-order valence-corrected chi connectivity index (χ1v) is 9.70. The van der Waals surface area contributed by atoms with Gasteiger partial charge >= 0.3 is 0 Å². The molecular weight excluding hydrogens is 328 g/mol. The van der Waals surface area contributed by atoms with E-state index in [1.54, 1.807) is 11.2 Å². The third-order valence-corrected chi connectivity index (χ3v) is 5.48. The average Bonchev–Trinajstić information content (AvgIpc) is 3.04. The van der Waals surface area contributed by atoms with Crippen molar-refractivity contribution in [1.82, 2.24) is 4.90 Å². The molecule has 1 aliphatic heterocycles. The van der Waals surface area contributed by atoms with E-state index >= 15 is 0 Å². The van der Waals surface area contributed by atoms with Gasteiger partial charge in [0.25, 0.3) is 0 Å². The molecule has 1 fully saturated rings. The van der Waals surface area contributed by atoms with E-state index in [1.807, 2.05) is 19.9 Å². The number of benzene rings is 1. The number of aryl methyl sites for hydroxylation is 2. The lowest BCUT2D eigenvalue weighted by Crippen LogP contribution is -2.31. The van der Waals surface area contributed by atoms with E-state index in [0.29, 0.717) is 19.5 Å². The number of hydrogen-bond donors (Lipinski definition) is 1. The Bertz CT molecular complexity index is 885. The predicted octanol–water partition coefficient (Wildman–Crippen LogP) is 1.73. The van der Waals surface area contributed by atoms with Crippen LogP contribution in [0.5, 0.6) is 0 Å². The van der Waals surface area contributed by atoms with Crippen LogP contribution in [0.3, 0.4) is 0 Å². The highest BCUT2D eigenvalue weighted by atomic mass is 32.2. The van der Waals surface area contributed by atoms with Gasteiger partial charge in [-0.25, -0.2) is 13.6 Å². The van der Waals surface area contributed by atoms with Gasteiger partial charge in [-0.2, -0.15) is 0 Å². The SMILES string of the molecule is Cc1cc(C)c2c(CC(=O)N3CCC(CS(N)(=O)=O)C3)coc2c1. The zero-order chi connectivity index (χ0) is 17.5. The Morgan fingerprint density at radius 2 is 2.12 bits per heavy atom. The van der Waals surface area contributed by atoms with Crippen LogP contribution in [-0.2, 0) is 21.2 Å². The van der Waals surface area contributed by atoms with Gasteiger partial charge in [0.05, 0.1) is 18.4 Å². The van der Waals surface area contributed by atoms with Gasteiger partial charge in [0.15, 0.2) is 0 Å². The summed E-state index contributed by atoms with van der Waals surface area (Å²) in [6.07, 6.45) is 2.58. The molecule has 1 aliphatic rings. The predicted molar refractivity (Wildman–Crippen MR) is 92.1 cm³/mol. The van der Waals surface area contributed by atoms with Crippen LogP contribution in [0, 0.1) is 19.8 Å². The quantitative estimate of drug-likeness (QED) is 0.908. The minimum absolute atomic E-state index is 0.00501. The Morgan fingerprint density at radius 1 is 1.38 bits per heavy atom. The molecule has 0 radical (unpaired) electrons. The molecule has 2 N–H and O–H groups in total. The molecule has 2 aromatic rings. The number of furan rings is 1. The Morgan fingerprint density at radius 3 is 2.83 bits per heavy atom. The maximum absolute atomic E-state index is 12.5. The fourth-order valence-electron chi connectivity index (χ4n) is 3.56. The molecule has 1 aromatic carbocycles. The van der Waals surface area contributed by atoms with Crippen molar-refractivity contribution >= 4 is 26.9 Å². The minimum atomic E-state index is -3.50. The largest absolute Gasteiger partial charge is 0.464 e. The number of carbonyl (C=O) groups is 1. The average molecular weight is 350 g/mol. The van der Waals surface area contributed by atoms with Crippen molar-refractivity contribution in [1.29, 1.82) is 0 Å². The van der Waals surface area contributed by atoms with Gasteiger partial charge in [0.1, 0.15) is 5.58 Å². The van der Waals surface area contributed by atoms with E-state index in [2.05, 4.69) is 6.07 Å². The summed E-state index contributed by atoms with van der Waals surface area (Å²) >= 11 is 0. The summed E-state index contributed by atoms with van der Waals surface area (Å²) in [4.78, 5) is 14.3. The molecule has 0 spiro atoms. The minimum Gasteiger partial charge on any atom is -0.464 e. The Kier molecular flexibility index (Phi) is 4.40. The summed E-state index contributed by atoms with van der Waals surface area (Å²) < 4.78 is 28.0. The van der Waals surface area contributed by atoms with Crippen molar-refractivity contribution < 1.29 is 17.6 Å². The molecule has 1 saturated heterocycles. The maximum atomic E-state index is 12.5. The van der Waals surface area contributed by atoms with E-state index in [0.717, 1.165) is 27.7 Å². The number of rotatable bonds is 4. The van der Waals surface area contributed by atoms with Crippen molar-refractivity contribution in [3.63, 3.8) is 0 Å². The van der Waals surface area contributed by atoms with Gasteiger partial charge < -0.3 is 9.32 Å². The van der Waals surface area contributed by atoms with E-state index in [1.165, 1.54) is 0 Å². The van der Waals surface area contributed by atoms with Crippen molar-refractivity contribution in [3.05, 3.63) is 35.1 Å². The summed E-state index contributed by atoms with van der Waals surface area (Å²) in [7, 11) is -3.50. The molecule has 0 aliphatic carbocycles. The number of amides is 1. The summed E-state index contributed by atoms with van der Waals surface area (Å²) in [5, 5.41) is 6.09. The van der Waals surface area contributed by atoms with Crippen LogP contribution in [0.2, 0.25) is 0 Å². The van der Waals surface area contributed by atoms with Crippen LogP contribution in [0.4, 0.5) is 0 Å². The molecule has 1 atom stereocenters. The highest BCUT2D eigenvalue weighted by Crippen LogP contribution is 2.27. The second kappa shape index (κ2) is 6.22. The molecule has 0 saturated carbocycles. The van der Waals surface area contributed by atoms with Crippen LogP contribution in [0.15, 0.2) is 22.8 Å². The molecular formula is C17H22N2O4S. The smallest absolute Gasteiger partial charge is 0.227 e. The molecule has 1 unspecified atom stereocenters. The fraction of sp³-hybridized carbons (Fsp3) is 0.471. The summed E-state index contributed by atoms with van der Waals surface area (Å²) in [5.74, 6) is -0.145. The molecule has 3 rings (SSSR count). The van der Waals surface area contributed by atoms with Crippen LogP contribution < -0.4 is 5.14 Å². The van der Waals surface area contributed by atoms with Crippen molar-refractivity contribution in [2.75, 3.05) is 18.8 Å². The third kappa shape index (κ3) is 3.62. The lowest BCUT2D eigenvalue weighted by atomic mass is 10.0. The van der Waals surface area contributed by atoms with Crippen LogP contribution in [0.25, 0.3) is 11.0 Å². The number of nitrogens with zero attached hydrogens (tertiary/aromatic N) is 1. The Labute approximate surface area is 141 Å². The Hall–Kier alpha value is -1.86. The first kappa shape index (κ1) is 17.0. The standard InChI is InChI=1S/C17H22N2O4S/c1-11-5-12(2)17-14(9-23-15(17)6-11)7-16(20)19-4-3-13(8-19)10-24(18,21)22/h5-6,9,13H,3-4,7-8,10H2,1-2H3,(H2,18,21,22). The number of primary sulfonamides is 1. The van der Waals surface area contributed by atoms with Crippen LogP contribution in [0.1, 0.15) is 23.1 Å². The van der Waals surface area contributed by atoms with E-state index in [4.69, 9.17) is 9.56 Å². The number of nitrogens with two attached hydrogens (primary N) is 1. The number of likely N-dealkylation sites (tertiary alicyclic amines) is 1. The van der Waals surface area contributed by atoms with Gasteiger partial charge in [-0.1, -0.05) is 6.07 Å². The van der Waals surface area contributed by atoms with Crippen molar-refractivity contribution in [2.45, 2.75) is 26.7 Å².